The van der Waals surface area contributed by atoms with E-state index in [-0.39, 0.29) is 0 Å². The normalized spacial score (nSPS) is 12.5. The maximum absolute atomic E-state index is 11.0. The second-order valence-electron chi connectivity index (χ2n) is 3.32. The molecule has 6 nitrogen and oxygen atoms in total. The number of carbonyl (C=O) groups is 1. The molecule has 0 fully saturated rings. The Morgan fingerprint density at radius 1 is 1.59 bits per heavy atom. The van der Waals surface area contributed by atoms with Crippen molar-refractivity contribution in [3.05, 3.63) is 17.5 Å². The third-order valence-electron chi connectivity index (χ3n) is 2.09. The van der Waals surface area contributed by atoms with Crippen molar-refractivity contribution in [2.24, 2.45) is 5.73 Å². The number of rotatable bonds is 4. The van der Waals surface area contributed by atoms with Gasteiger partial charge in [0.05, 0.1) is 10.1 Å². The van der Waals surface area contributed by atoms with Crippen molar-refractivity contribution in [3.8, 4) is 10.7 Å². The number of thiophene rings is 1. The van der Waals surface area contributed by atoms with Gasteiger partial charge in [0.15, 0.2) is 5.82 Å². The summed E-state index contributed by atoms with van der Waals surface area (Å²) >= 11 is 2.72. The minimum Gasteiger partial charge on any atom is -0.369 e. The van der Waals surface area contributed by atoms with E-state index in [1.54, 1.807) is 6.92 Å². The lowest BCUT2D eigenvalue weighted by Crippen LogP contribution is -2.23. The van der Waals surface area contributed by atoms with Crippen molar-refractivity contribution in [3.63, 3.8) is 0 Å². The van der Waals surface area contributed by atoms with Gasteiger partial charge >= 0.3 is 0 Å². The molecular weight excluding hydrogens is 258 g/mol. The van der Waals surface area contributed by atoms with Crippen LogP contribution in [0.2, 0.25) is 0 Å². The van der Waals surface area contributed by atoms with Crippen LogP contribution in [0.25, 0.3) is 10.7 Å². The fourth-order valence-corrected chi connectivity index (χ4v) is 2.57. The molecule has 2 heterocycles. The Morgan fingerprint density at radius 3 is 2.94 bits per heavy atom. The van der Waals surface area contributed by atoms with Crippen LogP contribution >= 0.6 is 23.1 Å². The minimum atomic E-state index is -0.407. The van der Waals surface area contributed by atoms with E-state index in [1.165, 1.54) is 27.8 Å². The standard InChI is InChI=1S/C9H11N5OS2/c1-5(7(10)15)17-9-13-12-8(14(9)11)6-3-2-4-16-6/h2-5H,11H2,1H3,(H2,10,15). The van der Waals surface area contributed by atoms with Crippen LogP contribution in [0, 0.1) is 0 Å². The summed E-state index contributed by atoms with van der Waals surface area (Å²) in [6, 6.07) is 3.82. The molecule has 0 aromatic carbocycles. The zero-order valence-electron chi connectivity index (χ0n) is 9.03. The van der Waals surface area contributed by atoms with Crippen molar-refractivity contribution < 1.29 is 4.79 Å². The summed E-state index contributed by atoms with van der Waals surface area (Å²) in [5, 5.41) is 9.95. The molecule has 2 aromatic heterocycles. The number of thioether (sulfide) groups is 1. The fourth-order valence-electron chi connectivity index (χ4n) is 1.15. The van der Waals surface area contributed by atoms with Gasteiger partial charge in [0.1, 0.15) is 0 Å². The SMILES string of the molecule is CC(Sc1nnc(-c2cccs2)n1N)C(N)=O. The van der Waals surface area contributed by atoms with Gasteiger partial charge in [-0.15, -0.1) is 21.5 Å². The number of hydrogen-bond donors (Lipinski definition) is 2. The lowest BCUT2D eigenvalue weighted by Gasteiger charge is -2.05. The molecule has 0 aliphatic heterocycles. The van der Waals surface area contributed by atoms with E-state index in [4.69, 9.17) is 11.6 Å². The first kappa shape index (κ1) is 11.9. The van der Waals surface area contributed by atoms with Crippen molar-refractivity contribution in [2.45, 2.75) is 17.3 Å². The van der Waals surface area contributed by atoms with Crippen LogP contribution < -0.4 is 11.6 Å². The second kappa shape index (κ2) is 4.76. The average molecular weight is 269 g/mol. The number of nitrogens with zero attached hydrogens (tertiary/aromatic N) is 3. The van der Waals surface area contributed by atoms with Crippen LogP contribution in [-0.2, 0) is 4.79 Å². The monoisotopic (exact) mass is 269 g/mol. The highest BCUT2D eigenvalue weighted by Crippen LogP contribution is 2.26. The maximum atomic E-state index is 11.0. The summed E-state index contributed by atoms with van der Waals surface area (Å²) in [6.45, 7) is 1.70. The molecule has 2 rings (SSSR count). The van der Waals surface area contributed by atoms with E-state index in [0.717, 1.165) is 4.88 Å². The summed E-state index contributed by atoms with van der Waals surface area (Å²) in [6.07, 6.45) is 0. The highest BCUT2D eigenvalue weighted by atomic mass is 32.2. The number of primary amides is 1. The lowest BCUT2D eigenvalue weighted by atomic mass is 10.4. The fraction of sp³-hybridized carbons (Fsp3) is 0.222. The first-order chi connectivity index (χ1) is 8.09. The average Bonchev–Trinajstić information content (AvgIpc) is 2.89. The maximum Gasteiger partial charge on any atom is 0.230 e. The summed E-state index contributed by atoms with van der Waals surface area (Å²) in [5.41, 5.74) is 5.18. The lowest BCUT2D eigenvalue weighted by molar-refractivity contribution is -0.117. The molecule has 17 heavy (non-hydrogen) atoms. The summed E-state index contributed by atoms with van der Waals surface area (Å²) in [7, 11) is 0. The van der Waals surface area contributed by atoms with Gasteiger partial charge in [-0.05, 0) is 18.4 Å². The number of amides is 1. The molecule has 8 heteroatoms. The molecule has 0 bridgehead atoms. The van der Waals surface area contributed by atoms with Gasteiger partial charge in [-0.25, -0.2) is 4.68 Å². The second-order valence-corrected chi connectivity index (χ2v) is 5.57. The molecule has 0 spiro atoms. The van der Waals surface area contributed by atoms with Gasteiger partial charge in [-0.3, -0.25) is 4.79 Å². The van der Waals surface area contributed by atoms with Crippen LogP contribution in [-0.4, -0.2) is 26.0 Å². The van der Waals surface area contributed by atoms with Crippen LogP contribution in [0.5, 0.6) is 0 Å². The zero-order chi connectivity index (χ0) is 12.4. The first-order valence-corrected chi connectivity index (χ1v) is 6.56. The zero-order valence-corrected chi connectivity index (χ0v) is 10.7. The molecule has 4 N–H and O–H groups in total. The van der Waals surface area contributed by atoms with Crippen molar-refractivity contribution in [1.82, 2.24) is 14.9 Å². The minimum absolute atomic E-state index is 0.391. The molecule has 0 saturated heterocycles. The Bertz CT molecular complexity index is 521. The van der Waals surface area contributed by atoms with Gasteiger partial charge in [0.25, 0.3) is 0 Å². The largest absolute Gasteiger partial charge is 0.369 e. The number of hydrogen-bond acceptors (Lipinski definition) is 6. The van der Waals surface area contributed by atoms with E-state index < -0.39 is 11.2 Å². The molecule has 0 aliphatic carbocycles. The predicted molar refractivity (Wildman–Crippen MR) is 68.0 cm³/mol. The third-order valence-corrected chi connectivity index (χ3v) is 4.03. The molecule has 0 saturated carbocycles. The first-order valence-electron chi connectivity index (χ1n) is 4.80. The molecule has 0 radical (unpaired) electrons. The van der Waals surface area contributed by atoms with E-state index in [1.807, 2.05) is 17.5 Å². The van der Waals surface area contributed by atoms with Crippen LogP contribution in [0.3, 0.4) is 0 Å². The molecule has 0 aliphatic rings. The summed E-state index contributed by atoms with van der Waals surface area (Å²) in [5.74, 6) is 6.04. The van der Waals surface area contributed by atoms with Gasteiger partial charge in [-0.1, -0.05) is 17.8 Å². The number of nitrogens with two attached hydrogens (primary N) is 2. The smallest absolute Gasteiger partial charge is 0.230 e. The van der Waals surface area contributed by atoms with Crippen molar-refractivity contribution >= 4 is 29.0 Å². The molecule has 1 amide bonds. The Kier molecular flexibility index (Phi) is 3.34. The van der Waals surface area contributed by atoms with E-state index in [2.05, 4.69) is 10.2 Å². The van der Waals surface area contributed by atoms with Crippen LogP contribution in [0.4, 0.5) is 0 Å². The molecule has 1 atom stereocenters. The Balaban J connectivity index is 2.24. The molecular formula is C9H11N5OS2. The molecule has 90 valence electrons. The van der Waals surface area contributed by atoms with Crippen molar-refractivity contribution in [1.29, 1.82) is 0 Å². The molecule has 2 aromatic rings. The predicted octanol–water partition coefficient (Wildman–Crippen LogP) is 0.686. The van der Waals surface area contributed by atoms with E-state index in [9.17, 15) is 4.79 Å². The Morgan fingerprint density at radius 2 is 2.35 bits per heavy atom. The van der Waals surface area contributed by atoms with Gasteiger partial charge in [0.2, 0.25) is 11.1 Å². The molecule has 1 unspecified atom stereocenters. The highest BCUT2D eigenvalue weighted by Gasteiger charge is 2.18. The third kappa shape index (κ3) is 2.42. The van der Waals surface area contributed by atoms with Gasteiger partial charge in [-0.2, -0.15) is 0 Å². The number of nitrogen functional groups attached to an aromatic ring is 1. The Hall–Kier alpha value is -1.54. The quantitative estimate of drug-likeness (QED) is 0.628. The summed E-state index contributed by atoms with van der Waals surface area (Å²) in [4.78, 5) is 11.9. The van der Waals surface area contributed by atoms with Crippen LogP contribution in [0.1, 0.15) is 6.92 Å². The van der Waals surface area contributed by atoms with Gasteiger partial charge < -0.3 is 11.6 Å². The van der Waals surface area contributed by atoms with E-state index >= 15 is 0 Å². The Labute approximate surface area is 106 Å². The highest BCUT2D eigenvalue weighted by molar-refractivity contribution is 8.00. The number of carbonyl (C=O) groups excluding carboxylic acids is 1. The number of aromatic nitrogens is 3. The summed E-state index contributed by atoms with van der Waals surface area (Å²) < 4.78 is 1.37. The van der Waals surface area contributed by atoms with E-state index in [0.29, 0.717) is 11.0 Å². The van der Waals surface area contributed by atoms with Crippen molar-refractivity contribution in [2.75, 3.05) is 5.84 Å². The van der Waals surface area contributed by atoms with Gasteiger partial charge in [0, 0.05) is 0 Å². The topological polar surface area (TPSA) is 99.8 Å². The van der Waals surface area contributed by atoms with Crippen LogP contribution in [0.15, 0.2) is 22.7 Å².